The molecule has 1 heterocycles. The van der Waals surface area contributed by atoms with Crippen LogP contribution in [0.1, 0.15) is 49.0 Å². The summed E-state index contributed by atoms with van der Waals surface area (Å²) in [5, 5.41) is 12.9. The molecule has 2 rings (SSSR count). The Morgan fingerprint density at radius 1 is 1.06 bits per heavy atom. The Balaban J connectivity index is 1.91. The topological polar surface area (TPSA) is 143 Å². The van der Waals surface area contributed by atoms with Gasteiger partial charge in [0.15, 0.2) is 6.29 Å². The lowest BCUT2D eigenvalue weighted by Crippen LogP contribution is -2.42. The molecule has 0 saturated carbocycles. The summed E-state index contributed by atoms with van der Waals surface area (Å²) < 4.78 is 27.2. The highest BCUT2D eigenvalue weighted by Gasteiger charge is 2.24. The number of aldehydes is 1. The van der Waals surface area contributed by atoms with E-state index in [1.54, 1.807) is 30.6 Å². The Kier molecular flexibility index (Phi) is 11.2. The predicted octanol–water partition coefficient (Wildman–Crippen LogP) is 1.90. The number of aliphatic hydroxyl groups is 1. The molecule has 1 aromatic heterocycles. The van der Waals surface area contributed by atoms with Gasteiger partial charge in [-0.25, -0.2) is 13.1 Å². The number of carbonyl (C=O) groups is 3. The zero-order valence-electron chi connectivity index (χ0n) is 20.0. The second-order valence-corrected chi connectivity index (χ2v) is 10.6. The summed E-state index contributed by atoms with van der Waals surface area (Å²) in [5.41, 5.74) is 0.832. The van der Waals surface area contributed by atoms with Gasteiger partial charge in [-0.15, -0.1) is 0 Å². The Labute approximate surface area is 206 Å². The van der Waals surface area contributed by atoms with Crippen molar-refractivity contribution in [3.63, 3.8) is 0 Å². The molecule has 0 aliphatic rings. The molecule has 0 aliphatic heterocycles. The molecule has 2 atom stereocenters. The van der Waals surface area contributed by atoms with Gasteiger partial charge >= 0.3 is 0 Å². The first-order valence-electron chi connectivity index (χ1n) is 11.5. The molecular formula is C25H33N3O6S. The minimum atomic E-state index is -4.02. The third-order valence-corrected chi connectivity index (χ3v) is 6.94. The fourth-order valence-electron chi connectivity index (χ4n) is 3.48. The van der Waals surface area contributed by atoms with Crippen LogP contribution in [0.2, 0.25) is 0 Å². The number of carbonyl (C=O) groups excluding carboxylic acids is 3. The van der Waals surface area contributed by atoms with Crippen LogP contribution < -0.4 is 10.0 Å². The second-order valence-electron chi connectivity index (χ2n) is 8.85. The predicted molar refractivity (Wildman–Crippen MR) is 131 cm³/mol. The van der Waals surface area contributed by atoms with Crippen LogP contribution >= 0.6 is 0 Å². The molecule has 10 heteroatoms. The summed E-state index contributed by atoms with van der Waals surface area (Å²) in [6, 6.07) is 9.22. The zero-order chi connectivity index (χ0) is 25.8. The van der Waals surface area contributed by atoms with Gasteiger partial charge in [0, 0.05) is 49.8 Å². The first-order chi connectivity index (χ1) is 16.6. The monoisotopic (exact) mass is 503 g/mol. The van der Waals surface area contributed by atoms with E-state index in [9.17, 15) is 27.9 Å². The summed E-state index contributed by atoms with van der Waals surface area (Å²) in [4.78, 5) is 40.2. The minimum Gasteiger partial charge on any atom is -0.390 e. The van der Waals surface area contributed by atoms with Crippen molar-refractivity contribution in [3.8, 4) is 0 Å². The number of amides is 1. The van der Waals surface area contributed by atoms with Crippen LogP contribution in [0.25, 0.3) is 0 Å². The Hall–Kier alpha value is -2.95. The number of aromatic nitrogens is 1. The van der Waals surface area contributed by atoms with Gasteiger partial charge < -0.3 is 10.4 Å². The van der Waals surface area contributed by atoms with Crippen molar-refractivity contribution in [1.82, 2.24) is 15.0 Å². The summed E-state index contributed by atoms with van der Waals surface area (Å²) in [6.07, 6.45) is 4.04. The van der Waals surface area contributed by atoms with Crippen molar-refractivity contribution in [3.05, 3.63) is 59.9 Å². The van der Waals surface area contributed by atoms with Gasteiger partial charge in [0.1, 0.15) is 5.78 Å². The zero-order valence-corrected chi connectivity index (χ0v) is 20.8. The maximum absolute atomic E-state index is 12.8. The van der Waals surface area contributed by atoms with Crippen LogP contribution in [-0.4, -0.2) is 55.7 Å². The molecule has 0 bridgehead atoms. The van der Waals surface area contributed by atoms with Gasteiger partial charge in [-0.1, -0.05) is 38.5 Å². The molecule has 1 aromatic carbocycles. The average Bonchev–Trinajstić information content (AvgIpc) is 2.84. The lowest BCUT2D eigenvalue weighted by atomic mass is 9.91. The number of sulfonamides is 1. The first-order valence-corrected chi connectivity index (χ1v) is 13.0. The largest absolute Gasteiger partial charge is 0.390 e. The highest BCUT2D eigenvalue weighted by atomic mass is 32.2. The maximum atomic E-state index is 12.8. The standard InChI is InChI=1S/C25H33N3O6S/c1-18(2)7-8-20(14-22(30)13-19-9-11-26-12-10-19)25(32)27-15-23(31)16-28-35(33,34)24-6-4-3-5-21(24)17-29/h3-6,9-12,17-18,20,23,28,31H,7-8,13-16H2,1-2H3,(H,27,32)/t20-,23?/m1/s1. The number of hydrogen-bond acceptors (Lipinski definition) is 7. The summed E-state index contributed by atoms with van der Waals surface area (Å²) in [7, 11) is -4.02. The Morgan fingerprint density at radius 2 is 1.74 bits per heavy atom. The molecule has 0 fully saturated rings. The van der Waals surface area contributed by atoms with Crippen molar-refractivity contribution in [2.45, 2.75) is 50.5 Å². The minimum absolute atomic E-state index is 0.00668. The highest BCUT2D eigenvalue weighted by Crippen LogP contribution is 2.18. The fraction of sp³-hybridized carbons (Fsp3) is 0.440. The summed E-state index contributed by atoms with van der Waals surface area (Å²) >= 11 is 0. The summed E-state index contributed by atoms with van der Waals surface area (Å²) in [6.45, 7) is 3.53. The van der Waals surface area contributed by atoms with Gasteiger partial charge in [-0.2, -0.15) is 0 Å². The molecule has 0 radical (unpaired) electrons. The van der Waals surface area contributed by atoms with Crippen molar-refractivity contribution < 1.29 is 27.9 Å². The van der Waals surface area contributed by atoms with E-state index in [1.807, 2.05) is 13.8 Å². The van der Waals surface area contributed by atoms with Crippen LogP contribution in [-0.2, 0) is 26.0 Å². The van der Waals surface area contributed by atoms with E-state index >= 15 is 0 Å². The highest BCUT2D eigenvalue weighted by molar-refractivity contribution is 7.89. The van der Waals surface area contributed by atoms with Crippen molar-refractivity contribution in [1.29, 1.82) is 0 Å². The lowest BCUT2D eigenvalue weighted by molar-refractivity contribution is -0.129. The number of nitrogens with zero attached hydrogens (tertiary/aromatic N) is 1. The molecule has 1 unspecified atom stereocenters. The lowest BCUT2D eigenvalue weighted by Gasteiger charge is -2.19. The van der Waals surface area contributed by atoms with Crippen LogP contribution in [0, 0.1) is 11.8 Å². The van der Waals surface area contributed by atoms with Gasteiger partial charge in [-0.3, -0.25) is 19.4 Å². The van der Waals surface area contributed by atoms with E-state index in [-0.39, 0.29) is 48.1 Å². The molecule has 3 N–H and O–H groups in total. The number of ketones is 1. The van der Waals surface area contributed by atoms with Crippen molar-refractivity contribution >= 4 is 28.0 Å². The number of nitrogens with one attached hydrogen (secondary N) is 2. The van der Waals surface area contributed by atoms with Gasteiger partial charge in [-0.05, 0) is 36.1 Å². The second kappa shape index (κ2) is 13.8. The number of Topliss-reactive ketones (excluding diaryl/α,β-unsaturated/α-hetero) is 1. The van der Waals surface area contributed by atoms with E-state index in [2.05, 4.69) is 15.0 Å². The number of pyridine rings is 1. The third kappa shape index (κ3) is 9.67. The molecular weight excluding hydrogens is 470 g/mol. The Bertz CT molecular complexity index is 1090. The van der Waals surface area contributed by atoms with Gasteiger partial charge in [0.2, 0.25) is 15.9 Å². The van der Waals surface area contributed by atoms with Crippen LogP contribution in [0.15, 0.2) is 53.7 Å². The van der Waals surface area contributed by atoms with E-state index < -0.39 is 22.0 Å². The number of rotatable bonds is 15. The van der Waals surface area contributed by atoms with Crippen molar-refractivity contribution in [2.24, 2.45) is 11.8 Å². The average molecular weight is 504 g/mol. The van der Waals surface area contributed by atoms with Crippen LogP contribution in [0.4, 0.5) is 0 Å². The molecule has 0 saturated heterocycles. The quantitative estimate of drug-likeness (QED) is 0.315. The number of hydrogen-bond donors (Lipinski definition) is 3. The van der Waals surface area contributed by atoms with Crippen LogP contribution in [0.3, 0.4) is 0 Å². The first kappa shape index (κ1) is 28.3. The number of benzene rings is 1. The summed E-state index contributed by atoms with van der Waals surface area (Å²) in [5.74, 6) is -0.617. The van der Waals surface area contributed by atoms with Crippen LogP contribution in [0.5, 0.6) is 0 Å². The van der Waals surface area contributed by atoms with E-state index in [0.29, 0.717) is 18.6 Å². The molecule has 190 valence electrons. The molecule has 1 amide bonds. The molecule has 0 aliphatic carbocycles. The fourth-order valence-corrected chi connectivity index (χ4v) is 4.73. The molecule has 35 heavy (non-hydrogen) atoms. The van der Waals surface area contributed by atoms with Gasteiger partial charge in [0.05, 0.1) is 11.0 Å². The number of aliphatic hydroxyl groups excluding tert-OH is 1. The van der Waals surface area contributed by atoms with E-state index in [4.69, 9.17) is 0 Å². The SMILES string of the molecule is CC(C)CC[C@H](CC(=O)Cc1ccncc1)C(=O)NCC(O)CNS(=O)(=O)c1ccccc1C=O. The van der Waals surface area contributed by atoms with Gasteiger partial charge in [0.25, 0.3) is 0 Å². The maximum Gasteiger partial charge on any atom is 0.241 e. The normalized spacial score (nSPS) is 13.3. The van der Waals surface area contributed by atoms with Crippen molar-refractivity contribution in [2.75, 3.05) is 13.1 Å². The van der Waals surface area contributed by atoms with E-state index in [1.165, 1.54) is 18.2 Å². The Morgan fingerprint density at radius 3 is 2.40 bits per heavy atom. The molecule has 9 nitrogen and oxygen atoms in total. The molecule has 2 aromatic rings. The smallest absolute Gasteiger partial charge is 0.241 e. The van der Waals surface area contributed by atoms with E-state index in [0.717, 1.165) is 12.0 Å². The third-order valence-electron chi connectivity index (χ3n) is 5.44. The molecule has 0 spiro atoms.